The molecule has 3 rings (SSSR count). The van der Waals surface area contributed by atoms with E-state index in [1.807, 2.05) is 30.3 Å². The lowest BCUT2D eigenvalue weighted by Crippen LogP contribution is -2.44. The number of rotatable bonds is 2. The van der Waals surface area contributed by atoms with E-state index in [0.717, 1.165) is 40.6 Å². The Morgan fingerprint density at radius 3 is 2.84 bits per heavy atom. The number of amides is 1. The standard InChI is InChI=1S/C15H17NO2S/c17-12-7-3-2-6-11(12)16-15(18)14-9-10-5-1-4-8-13(10)19-14/h1,4-5,8-9,11-12,17H,2-3,6-7H2,(H,16,18)/t11-,12-/m0/s1. The molecule has 19 heavy (non-hydrogen) atoms. The van der Waals surface area contributed by atoms with Crippen LogP contribution in [-0.2, 0) is 0 Å². The van der Waals surface area contributed by atoms with E-state index < -0.39 is 6.10 Å². The lowest BCUT2D eigenvalue weighted by atomic mass is 9.92. The van der Waals surface area contributed by atoms with Gasteiger partial charge < -0.3 is 10.4 Å². The van der Waals surface area contributed by atoms with E-state index in [1.54, 1.807) is 0 Å². The average Bonchev–Trinajstić information content (AvgIpc) is 2.85. The number of benzene rings is 1. The molecule has 1 heterocycles. The number of nitrogens with one attached hydrogen (secondary N) is 1. The Hall–Kier alpha value is -1.39. The van der Waals surface area contributed by atoms with Crippen molar-refractivity contribution in [3.8, 4) is 0 Å². The van der Waals surface area contributed by atoms with Crippen molar-refractivity contribution < 1.29 is 9.90 Å². The lowest BCUT2D eigenvalue weighted by molar-refractivity contribution is 0.0720. The first-order chi connectivity index (χ1) is 9.24. The molecular weight excluding hydrogens is 258 g/mol. The number of thiophene rings is 1. The van der Waals surface area contributed by atoms with Gasteiger partial charge in [-0.1, -0.05) is 31.0 Å². The van der Waals surface area contributed by atoms with Crippen LogP contribution in [0.4, 0.5) is 0 Å². The third-order valence-corrected chi connectivity index (χ3v) is 4.81. The minimum Gasteiger partial charge on any atom is -0.391 e. The molecule has 0 spiro atoms. The number of carbonyl (C=O) groups is 1. The Labute approximate surface area is 116 Å². The molecule has 2 N–H and O–H groups in total. The highest BCUT2D eigenvalue weighted by Crippen LogP contribution is 2.26. The fraction of sp³-hybridized carbons (Fsp3) is 0.400. The summed E-state index contributed by atoms with van der Waals surface area (Å²) in [4.78, 5) is 12.9. The SMILES string of the molecule is O=C(N[C@H]1CCCC[C@@H]1O)c1cc2ccccc2s1. The second-order valence-electron chi connectivity index (χ2n) is 5.08. The van der Waals surface area contributed by atoms with E-state index in [9.17, 15) is 9.90 Å². The number of aliphatic hydroxyl groups excluding tert-OH is 1. The van der Waals surface area contributed by atoms with Crippen LogP contribution in [0.3, 0.4) is 0 Å². The third kappa shape index (κ3) is 2.65. The van der Waals surface area contributed by atoms with Crippen LogP contribution in [0.15, 0.2) is 30.3 Å². The molecule has 3 nitrogen and oxygen atoms in total. The maximum absolute atomic E-state index is 12.2. The van der Waals surface area contributed by atoms with Crippen LogP contribution in [0.5, 0.6) is 0 Å². The van der Waals surface area contributed by atoms with Crippen molar-refractivity contribution in [1.29, 1.82) is 0 Å². The number of carbonyl (C=O) groups excluding carboxylic acids is 1. The van der Waals surface area contributed by atoms with E-state index in [0.29, 0.717) is 0 Å². The van der Waals surface area contributed by atoms with Gasteiger partial charge in [0.05, 0.1) is 17.0 Å². The molecule has 1 aromatic heterocycles. The monoisotopic (exact) mass is 275 g/mol. The van der Waals surface area contributed by atoms with Crippen molar-refractivity contribution in [2.75, 3.05) is 0 Å². The first-order valence-corrected chi connectivity index (χ1v) is 7.53. The molecule has 1 aliphatic rings. The fourth-order valence-electron chi connectivity index (χ4n) is 2.61. The molecule has 2 atom stereocenters. The van der Waals surface area contributed by atoms with Crippen molar-refractivity contribution in [2.24, 2.45) is 0 Å². The van der Waals surface area contributed by atoms with Gasteiger partial charge in [-0.15, -0.1) is 11.3 Å². The topological polar surface area (TPSA) is 49.3 Å². The minimum absolute atomic E-state index is 0.0628. The minimum atomic E-state index is -0.396. The van der Waals surface area contributed by atoms with Gasteiger partial charge in [0.2, 0.25) is 0 Å². The molecule has 0 bridgehead atoms. The van der Waals surface area contributed by atoms with Crippen molar-refractivity contribution in [2.45, 2.75) is 37.8 Å². The normalized spacial score (nSPS) is 23.4. The molecule has 4 heteroatoms. The maximum Gasteiger partial charge on any atom is 0.261 e. The number of hydrogen-bond donors (Lipinski definition) is 2. The zero-order chi connectivity index (χ0) is 13.2. The van der Waals surface area contributed by atoms with Crippen molar-refractivity contribution in [1.82, 2.24) is 5.32 Å². The van der Waals surface area contributed by atoms with Crippen LogP contribution in [0.25, 0.3) is 10.1 Å². The maximum atomic E-state index is 12.2. The molecule has 100 valence electrons. The first-order valence-electron chi connectivity index (χ1n) is 6.71. The van der Waals surface area contributed by atoms with Gasteiger partial charge >= 0.3 is 0 Å². The summed E-state index contributed by atoms with van der Waals surface area (Å²) in [6, 6.07) is 9.81. The number of hydrogen-bond acceptors (Lipinski definition) is 3. The molecular formula is C15H17NO2S. The predicted octanol–water partition coefficient (Wildman–Crippen LogP) is 2.93. The van der Waals surface area contributed by atoms with Crippen molar-refractivity contribution >= 4 is 27.3 Å². The molecule has 2 aromatic rings. The predicted molar refractivity (Wildman–Crippen MR) is 77.6 cm³/mol. The van der Waals surface area contributed by atoms with Crippen LogP contribution >= 0.6 is 11.3 Å². The second kappa shape index (κ2) is 5.31. The van der Waals surface area contributed by atoms with Gasteiger partial charge in [-0.05, 0) is 30.4 Å². The average molecular weight is 275 g/mol. The van der Waals surface area contributed by atoms with Crippen LogP contribution in [0, 0.1) is 0 Å². The van der Waals surface area contributed by atoms with Gasteiger partial charge in [-0.25, -0.2) is 0 Å². The van der Waals surface area contributed by atoms with Gasteiger partial charge in [0.1, 0.15) is 0 Å². The van der Waals surface area contributed by atoms with Gasteiger partial charge in [0.15, 0.2) is 0 Å². The quantitative estimate of drug-likeness (QED) is 0.885. The van der Waals surface area contributed by atoms with E-state index in [1.165, 1.54) is 11.3 Å². The highest BCUT2D eigenvalue weighted by Gasteiger charge is 2.25. The molecule has 0 unspecified atom stereocenters. The number of fused-ring (bicyclic) bond motifs is 1. The summed E-state index contributed by atoms with van der Waals surface area (Å²) in [5.74, 6) is -0.0628. The van der Waals surface area contributed by atoms with Crippen LogP contribution in [0.2, 0.25) is 0 Å². The Morgan fingerprint density at radius 1 is 1.26 bits per heavy atom. The molecule has 1 fully saturated rings. The van der Waals surface area contributed by atoms with Gasteiger partial charge in [0, 0.05) is 4.70 Å². The highest BCUT2D eigenvalue weighted by molar-refractivity contribution is 7.20. The largest absolute Gasteiger partial charge is 0.391 e. The summed E-state index contributed by atoms with van der Waals surface area (Å²) < 4.78 is 1.12. The van der Waals surface area contributed by atoms with Gasteiger partial charge in [0.25, 0.3) is 5.91 Å². The summed E-state index contributed by atoms with van der Waals surface area (Å²) in [6.45, 7) is 0. The molecule has 1 saturated carbocycles. The molecule has 0 saturated heterocycles. The molecule has 1 aromatic carbocycles. The Balaban J connectivity index is 1.76. The summed E-state index contributed by atoms with van der Waals surface area (Å²) in [5, 5.41) is 14.0. The highest BCUT2D eigenvalue weighted by atomic mass is 32.1. The zero-order valence-electron chi connectivity index (χ0n) is 10.6. The van der Waals surface area contributed by atoms with Crippen LogP contribution in [-0.4, -0.2) is 23.2 Å². The van der Waals surface area contributed by atoms with Crippen molar-refractivity contribution in [3.05, 3.63) is 35.2 Å². The van der Waals surface area contributed by atoms with Crippen molar-refractivity contribution in [3.63, 3.8) is 0 Å². The fourth-order valence-corrected chi connectivity index (χ4v) is 3.58. The smallest absolute Gasteiger partial charge is 0.261 e. The third-order valence-electron chi connectivity index (χ3n) is 3.70. The summed E-state index contributed by atoms with van der Waals surface area (Å²) >= 11 is 1.50. The first kappa shape index (κ1) is 12.6. The number of aliphatic hydroxyl groups is 1. The van der Waals surface area contributed by atoms with E-state index in [2.05, 4.69) is 5.32 Å². The second-order valence-corrected chi connectivity index (χ2v) is 6.16. The van der Waals surface area contributed by atoms with Gasteiger partial charge in [-0.3, -0.25) is 4.79 Å². The van der Waals surface area contributed by atoms with Crippen LogP contribution in [0.1, 0.15) is 35.4 Å². The Kier molecular flexibility index (Phi) is 3.53. The Morgan fingerprint density at radius 2 is 2.05 bits per heavy atom. The van der Waals surface area contributed by atoms with E-state index >= 15 is 0 Å². The van der Waals surface area contributed by atoms with E-state index in [-0.39, 0.29) is 11.9 Å². The summed E-state index contributed by atoms with van der Waals surface area (Å²) in [5.41, 5.74) is 0. The van der Waals surface area contributed by atoms with Crippen LogP contribution < -0.4 is 5.32 Å². The summed E-state index contributed by atoms with van der Waals surface area (Å²) in [7, 11) is 0. The van der Waals surface area contributed by atoms with E-state index in [4.69, 9.17) is 0 Å². The molecule has 0 radical (unpaired) electrons. The molecule has 1 amide bonds. The zero-order valence-corrected chi connectivity index (χ0v) is 11.5. The van der Waals surface area contributed by atoms with Gasteiger partial charge in [-0.2, -0.15) is 0 Å². The summed E-state index contributed by atoms with van der Waals surface area (Å²) in [6.07, 6.45) is 3.40. The molecule has 1 aliphatic carbocycles. The Bertz CT molecular complexity index is 560. The lowest BCUT2D eigenvalue weighted by Gasteiger charge is -2.28. The molecule has 0 aliphatic heterocycles.